The largest absolute Gasteiger partial charge is 0.497 e. The number of nitrogens with zero attached hydrogens (tertiary/aromatic N) is 3. The average Bonchev–Trinajstić information content (AvgIpc) is 3.44. The molecule has 1 saturated heterocycles. The maximum atomic E-state index is 12.2. The van der Waals surface area contributed by atoms with Gasteiger partial charge in [0.2, 0.25) is 0 Å². The van der Waals surface area contributed by atoms with Gasteiger partial charge >= 0.3 is 0 Å². The highest BCUT2D eigenvalue weighted by Gasteiger charge is 2.25. The van der Waals surface area contributed by atoms with Crippen LogP contribution in [-0.4, -0.2) is 28.0 Å². The lowest BCUT2D eigenvalue weighted by Crippen LogP contribution is -2.18. The van der Waals surface area contributed by atoms with Gasteiger partial charge in [0.25, 0.3) is 5.24 Å². The predicted molar refractivity (Wildman–Crippen MR) is 138 cm³/mol. The molecule has 2 heterocycles. The molecule has 0 atom stereocenters. The summed E-state index contributed by atoms with van der Waals surface area (Å²) >= 11 is 7.20. The van der Waals surface area contributed by atoms with Crippen molar-refractivity contribution in [3.63, 3.8) is 0 Å². The van der Waals surface area contributed by atoms with E-state index in [4.69, 9.17) is 21.4 Å². The summed E-state index contributed by atoms with van der Waals surface area (Å²) < 4.78 is 7.03. The van der Waals surface area contributed by atoms with Crippen LogP contribution >= 0.6 is 23.4 Å². The zero-order chi connectivity index (χ0) is 23.5. The summed E-state index contributed by atoms with van der Waals surface area (Å²) in [6.07, 6.45) is 3.88. The van der Waals surface area contributed by atoms with Crippen molar-refractivity contribution in [1.82, 2.24) is 15.1 Å². The van der Waals surface area contributed by atoms with Crippen molar-refractivity contribution in [2.45, 2.75) is 0 Å². The van der Waals surface area contributed by atoms with Gasteiger partial charge in [0.05, 0.1) is 29.1 Å². The molecule has 168 valence electrons. The first-order valence-corrected chi connectivity index (χ1v) is 11.6. The van der Waals surface area contributed by atoms with Gasteiger partial charge in [-0.15, -0.1) is 0 Å². The summed E-state index contributed by atoms with van der Waals surface area (Å²) in [5.41, 5.74) is 4.19. The second kappa shape index (κ2) is 9.59. The Labute approximate surface area is 205 Å². The van der Waals surface area contributed by atoms with Crippen molar-refractivity contribution < 1.29 is 9.53 Å². The maximum absolute atomic E-state index is 12.2. The summed E-state index contributed by atoms with van der Waals surface area (Å²) in [5, 5.41) is 8.14. The molecule has 5 rings (SSSR count). The van der Waals surface area contributed by atoms with Gasteiger partial charge in [0.15, 0.2) is 0 Å². The Balaban J connectivity index is 1.58. The molecule has 1 N–H and O–H groups in total. The number of nitrogens with one attached hydrogen (secondary N) is 1. The van der Waals surface area contributed by atoms with Gasteiger partial charge in [0, 0.05) is 22.3 Å². The van der Waals surface area contributed by atoms with E-state index < -0.39 is 0 Å². The van der Waals surface area contributed by atoms with Crippen molar-refractivity contribution in [2.75, 3.05) is 7.11 Å². The third kappa shape index (κ3) is 4.76. The fourth-order valence-corrected chi connectivity index (χ4v) is 4.33. The summed E-state index contributed by atoms with van der Waals surface area (Å²) in [5.74, 6) is 1.24. The Kier molecular flexibility index (Phi) is 6.20. The van der Waals surface area contributed by atoms with Gasteiger partial charge in [-0.3, -0.25) is 4.79 Å². The van der Waals surface area contributed by atoms with Gasteiger partial charge in [0.1, 0.15) is 11.6 Å². The highest BCUT2D eigenvalue weighted by Crippen LogP contribution is 2.33. The van der Waals surface area contributed by atoms with Crippen LogP contribution in [0.25, 0.3) is 23.0 Å². The number of carbonyl (C=O) groups is 1. The van der Waals surface area contributed by atoms with Crippen LogP contribution in [0.1, 0.15) is 5.56 Å². The number of carbonyl (C=O) groups excluding carboxylic acids is 1. The van der Waals surface area contributed by atoms with Crippen molar-refractivity contribution in [2.24, 2.45) is 4.99 Å². The van der Waals surface area contributed by atoms with Gasteiger partial charge in [-0.05, 0) is 66.4 Å². The smallest absolute Gasteiger partial charge is 0.289 e. The number of halogens is 1. The summed E-state index contributed by atoms with van der Waals surface area (Å²) in [7, 11) is 1.61. The van der Waals surface area contributed by atoms with Crippen LogP contribution in [0.3, 0.4) is 0 Å². The number of aliphatic imine (C=N–C) groups is 1. The molecule has 1 aliphatic heterocycles. The Hall–Kier alpha value is -3.81. The molecule has 1 fully saturated rings. The molecule has 0 spiro atoms. The third-order valence-electron chi connectivity index (χ3n) is 5.14. The normalized spacial score (nSPS) is 15.6. The summed E-state index contributed by atoms with van der Waals surface area (Å²) in [6, 6.07) is 24.7. The third-order valence-corrected chi connectivity index (χ3v) is 6.21. The molecule has 1 aliphatic rings. The van der Waals surface area contributed by atoms with Crippen molar-refractivity contribution in [3.8, 4) is 22.7 Å². The zero-order valence-corrected chi connectivity index (χ0v) is 19.7. The molecule has 34 heavy (non-hydrogen) atoms. The zero-order valence-electron chi connectivity index (χ0n) is 18.1. The second-order valence-corrected chi connectivity index (χ2v) is 8.85. The first-order valence-electron chi connectivity index (χ1n) is 10.4. The molecule has 0 aliphatic carbocycles. The molecule has 3 aromatic carbocycles. The summed E-state index contributed by atoms with van der Waals surface area (Å²) in [4.78, 5) is 17.6. The lowest BCUT2D eigenvalue weighted by molar-refractivity contribution is 0.265. The SMILES string of the molecule is COc1ccc(N=C2NC(=O)S/C2=C\c2cn(-c3ccccc3)nc2-c2ccc(Cl)cc2)cc1. The number of methoxy groups -OCH3 is 1. The molecule has 0 bridgehead atoms. The van der Waals surface area contributed by atoms with Crippen molar-refractivity contribution in [3.05, 3.63) is 101 Å². The predicted octanol–water partition coefficient (Wildman–Crippen LogP) is 6.73. The molecular formula is C26H19ClN4O2S. The lowest BCUT2D eigenvalue weighted by atomic mass is 10.1. The number of aromatic nitrogens is 2. The standard InChI is InChI=1S/C26H19ClN4O2S/c1-33-22-13-11-20(12-14-22)28-25-23(34-26(32)29-25)15-18-16-31(21-5-3-2-4-6-21)30-24(18)17-7-9-19(27)10-8-17/h2-16H,1H3,(H,28,29,32)/b23-15-. The van der Waals surface area contributed by atoms with Crippen LogP contribution in [0.2, 0.25) is 5.02 Å². The first-order chi connectivity index (χ1) is 16.6. The Morgan fingerprint density at radius 3 is 2.47 bits per heavy atom. The maximum Gasteiger partial charge on any atom is 0.289 e. The van der Waals surface area contributed by atoms with E-state index in [9.17, 15) is 4.79 Å². The molecule has 0 radical (unpaired) electrons. The van der Waals surface area contributed by atoms with Crippen LogP contribution in [0, 0.1) is 0 Å². The van der Waals surface area contributed by atoms with Crippen LogP contribution in [0.4, 0.5) is 10.5 Å². The molecule has 1 amide bonds. The first kappa shape index (κ1) is 22.0. The highest BCUT2D eigenvalue weighted by atomic mass is 35.5. The Bertz CT molecular complexity index is 1400. The fourth-order valence-electron chi connectivity index (χ4n) is 3.48. The van der Waals surface area contributed by atoms with Crippen LogP contribution in [-0.2, 0) is 0 Å². The minimum atomic E-state index is -0.179. The van der Waals surface area contributed by atoms with E-state index in [1.807, 2.05) is 95.8 Å². The number of thioether (sulfide) groups is 1. The summed E-state index contributed by atoms with van der Waals surface area (Å²) in [6.45, 7) is 0. The molecule has 6 nitrogen and oxygen atoms in total. The molecule has 0 saturated carbocycles. The quantitative estimate of drug-likeness (QED) is 0.339. The number of amides is 1. The van der Waals surface area contributed by atoms with Crippen molar-refractivity contribution in [1.29, 1.82) is 0 Å². The number of benzene rings is 3. The molecule has 1 aromatic heterocycles. The molecule has 8 heteroatoms. The number of hydrogen-bond acceptors (Lipinski definition) is 5. The fraction of sp³-hybridized carbons (Fsp3) is 0.0385. The van der Waals surface area contributed by atoms with E-state index in [1.54, 1.807) is 7.11 Å². The van der Waals surface area contributed by atoms with Crippen LogP contribution in [0.15, 0.2) is 95.0 Å². The molecule has 0 unspecified atom stereocenters. The van der Waals surface area contributed by atoms with E-state index in [1.165, 1.54) is 0 Å². The minimum absolute atomic E-state index is 0.179. The van der Waals surface area contributed by atoms with Crippen molar-refractivity contribution >= 4 is 46.2 Å². The number of hydrogen-bond donors (Lipinski definition) is 1. The highest BCUT2D eigenvalue weighted by molar-refractivity contribution is 8.18. The van der Waals surface area contributed by atoms with E-state index in [-0.39, 0.29) is 5.24 Å². The number of para-hydroxylation sites is 1. The van der Waals surface area contributed by atoms with E-state index in [2.05, 4.69) is 10.3 Å². The van der Waals surface area contributed by atoms with E-state index >= 15 is 0 Å². The topological polar surface area (TPSA) is 68.5 Å². The number of rotatable bonds is 5. The van der Waals surface area contributed by atoms with Crippen LogP contribution in [0.5, 0.6) is 5.75 Å². The van der Waals surface area contributed by atoms with Gasteiger partial charge in [-0.2, -0.15) is 5.10 Å². The van der Waals surface area contributed by atoms with Gasteiger partial charge < -0.3 is 10.1 Å². The Morgan fingerprint density at radius 1 is 1.03 bits per heavy atom. The second-order valence-electron chi connectivity index (χ2n) is 7.40. The Morgan fingerprint density at radius 2 is 1.76 bits per heavy atom. The van der Waals surface area contributed by atoms with Gasteiger partial charge in [-0.1, -0.05) is 41.9 Å². The molecule has 4 aromatic rings. The molecular weight excluding hydrogens is 468 g/mol. The lowest BCUT2D eigenvalue weighted by Gasteiger charge is -2.02. The van der Waals surface area contributed by atoms with E-state index in [0.29, 0.717) is 21.5 Å². The van der Waals surface area contributed by atoms with E-state index in [0.717, 1.165) is 40.0 Å². The minimum Gasteiger partial charge on any atom is -0.497 e. The number of ether oxygens (including phenoxy) is 1. The number of amidine groups is 1. The van der Waals surface area contributed by atoms with Crippen LogP contribution < -0.4 is 10.1 Å². The van der Waals surface area contributed by atoms with Gasteiger partial charge in [-0.25, -0.2) is 9.67 Å². The monoisotopic (exact) mass is 486 g/mol. The average molecular weight is 487 g/mol.